The molecule has 2 aromatic rings. The van der Waals surface area contributed by atoms with Crippen molar-refractivity contribution < 1.29 is 9.47 Å². The van der Waals surface area contributed by atoms with Crippen molar-refractivity contribution in [3.8, 4) is 16.9 Å². The Bertz CT molecular complexity index is 579. The number of nitrogens with zero attached hydrogens (tertiary/aromatic N) is 3. The van der Waals surface area contributed by atoms with E-state index in [4.69, 9.17) is 21.1 Å². The number of aromatic nitrogens is 3. The first-order valence-corrected chi connectivity index (χ1v) is 6.47. The van der Waals surface area contributed by atoms with E-state index in [9.17, 15) is 0 Å². The highest BCUT2D eigenvalue weighted by molar-refractivity contribution is 6.29. The molecule has 1 fully saturated rings. The molecule has 3 heterocycles. The number of rotatable bonds is 3. The van der Waals surface area contributed by atoms with Crippen LogP contribution in [0.1, 0.15) is 12.5 Å². The van der Waals surface area contributed by atoms with Crippen LogP contribution in [0.2, 0.25) is 5.15 Å². The summed E-state index contributed by atoms with van der Waals surface area (Å²) in [4.78, 5) is 4.09. The summed E-state index contributed by atoms with van der Waals surface area (Å²) >= 11 is 5.86. The molecule has 1 aliphatic rings. The lowest BCUT2D eigenvalue weighted by molar-refractivity contribution is 0.184. The van der Waals surface area contributed by atoms with Crippen molar-refractivity contribution in [2.24, 2.45) is 0 Å². The number of halogens is 1. The largest absolute Gasteiger partial charge is 0.496 e. The SMILES string of the molecule is COc1cc(Cl)ncc1-c1cnn(C2CCOC2)c1. The van der Waals surface area contributed by atoms with Gasteiger partial charge in [-0.1, -0.05) is 11.6 Å². The number of hydrogen-bond acceptors (Lipinski definition) is 4. The monoisotopic (exact) mass is 279 g/mol. The second-order valence-electron chi connectivity index (χ2n) is 4.43. The van der Waals surface area contributed by atoms with Gasteiger partial charge in [0.05, 0.1) is 26.0 Å². The molecule has 2 aromatic heterocycles. The average Bonchev–Trinajstić information content (AvgIpc) is 3.09. The van der Waals surface area contributed by atoms with E-state index in [1.165, 1.54) is 0 Å². The zero-order valence-electron chi connectivity index (χ0n) is 10.5. The first-order chi connectivity index (χ1) is 9.28. The molecule has 6 heteroatoms. The normalized spacial score (nSPS) is 18.7. The van der Waals surface area contributed by atoms with Crippen LogP contribution in [-0.4, -0.2) is 35.1 Å². The molecule has 100 valence electrons. The Kier molecular flexibility index (Phi) is 3.40. The van der Waals surface area contributed by atoms with E-state index in [0.717, 1.165) is 30.8 Å². The third-order valence-corrected chi connectivity index (χ3v) is 3.45. The molecule has 1 saturated heterocycles. The summed E-state index contributed by atoms with van der Waals surface area (Å²) in [5, 5.41) is 4.81. The summed E-state index contributed by atoms with van der Waals surface area (Å²) in [5.74, 6) is 0.697. The van der Waals surface area contributed by atoms with Crippen LogP contribution in [0.5, 0.6) is 5.75 Å². The van der Waals surface area contributed by atoms with Crippen LogP contribution in [0.25, 0.3) is 11.1 Å². The zero-order chi connectivity index (χ0) is 13.2. The maximum atomic E-state index is 5.86. The standard InChI is InChI=1S/C13H14ClN3O2/c1-18-12-4-13(14)15-6-11(12)9-5-16-17(7-9)10-2-3-19-8-10/h4-7,10H,2-3,8H2,1H3. The first-order valence-electron chi connectivity index (χ1n) is 6.09. The van der Waals surface area contributed by atoms with Gasteiger partial charge in [0.2, 0.25) is 0 Å². The molecule has 1 atom stereocenters. The van der Waals surface area contributed by atoms with Crippen molar-refractivity contribution in [1.29, 1.82) is 0 Å². The summed E-state index contributed by atoms with van der Waals surface area (Å²) in [6.45, 7) is 1.52. The Morgan fingerprint density at radius 2 is 2.37 bits per heavy atom. The van der Waals surface area contributed by atoms with Gasteiger partial charge in [0, 0.05) is 36.2 Å². The fourth-order valence-corrected chi connectivity index (χ4v) is 2.35. The Labute approximate surface area is 116 Å². The van der Waals surface area contributed by atoms with Crippen molar-refractivity contribution in [3.05, 3.63) is 29.8 Å². The predicted molar refractivity (Wildman–Crippen MR) is 71.5 cm³/mol. The number of ether oxygens (including phenoxy) is 2. The average molecular weight is 280 g/mol. The van der Waals surface area contributed by atoms with Crippen molar-refractivity contribution in [3.63, 3.8) is 0 Å². The van der Waals surface area contributed by atoms with Crippen molar-refractivity contribution >= 4 is 11.6 Å². The van der Waals surface area contributed by atoms with E-state index in [-0.39, 0.29) is 0 Å². The highest BCUT2D eigenvalue weighted by Gasteiger charge is 2.19. The lowest BCUT2D eigenvalue weighted by Crippen LogP contribution is -2.08. The van der Waals surface area contributed by atoms with Gasteiger partial charge in [-0.3, -0.25) is 4.68 Å². The summed E-state index contributed by atoms with van der Waals surface area (Å²) in [6, 6.07) is 2.02. The van der Waals surface area contributed by atoms with E-state index < -0.39 is 0 Å². The maximum Gasteiger partial charge on any atom is 0.132 e. The first kappa shape index (κ1) is 12.4. The summed E-state index contributed by atoms with van der Waals surface area (Å²) in [5.41, 5.74) is 1.85. The van der Waals surface area contributed by atoms with Gasteiger partial charge in [-0.25, -0.2) is 4.98 Å². The molecule has 5 nitrogen and oxygen atoms in total. The minimum Gasteiger partial charge on any atom is -0.496 e. The van der Waals surface area contributed by atoms with Gasteiger partial charge in [0.25, 0.3) is 0 Å². The fraction of sp³-hybridized carbons (Fsp3) is 0.385. The van der Waals surface area contributed by atoms with Crippen LogP contribution in [0, 0.1) is 0 Å². The molecule has 0 bridgehead atoms. The topological polar surface area (TPSA) is 49.2 Å². The lowest BCUT2D eigenvalue weighted by Gasteiger charge is -2.08. The van der Waals surface area contributed by atoms with Crippen molar-refractivity contribution in [1.82, 2.24) is 14.8 Å². The van der Waals surface area contributed by atoms with Crippen LogP contribution in [0.4, 0.5) is 0 Å². The van der Waals surface area contributed by atoms with Crippen LogP contribution in [0.15, 0.2) is 24.7 Å². The highest BCUT2D eigenvalue weighted by Crippen LogP contribution is 2.31. The molecule has 0 aliphatic carbocycles. The summed E-state index contributed by atoms with van der Waals surface area (Å²) < 4.78 is 12.6. The van der Waals surface area contributed by atoms with Gasteiger partial charge in [0.1, 0.15) is 10.9 Å². The van der Waals surface area contributed by atoms with Gasteiger partial charge in [-0.2, -0.15) is 5.10 Å². The van der Waals surface area contributed by atoms with Crippen LogP contribution in [0.3, 0.4) is 0 Å². The second-order valence-corrected chi connectivity index (χ2v) is 4.82. The number of hydrogen-bond donors (Lipinski definition) is 0. The molecule has 1 unspecified atom stereocenters. The second kappa shape index (κ2) is 5.19. The molecule has 1 aliphatic heterocycles. The van der Waals surface area contributed by atoms with Gasteiger partial charge >= 0.3 is 0 Å². The molecule has 0 amide bonds. The predicted octanol–water partition coefficient (Wildman–Crippen LogP) is 2.57. The van der Waals surface area contributed by atoms with E-state index in [2.05, 4.69) is 10.1 Å². The third-order valence-electron chi connectivity index (χ3n) is 3.24. The molecule has 0 saturated carbocycles. The molecule has 0 aromatic carbocycles. The van der Waals surface area contributed by atoms with Gasteiger partial charge < -0.3 is 9.47 Å². The van der Waals surface area contributed by atoms with Crippen molar-refractivity contribution in [2.45, 2.75) is 12.5 Å². The van der Waals surface area contributed by atoms with Crippen LogP contribution in [-0.2, 0) is 4.74 Å². The molecule has 3 rings (SSSR count). The molecular weight excluding hydrogens is 266 g/mol. The van der Waals surface area contributed by atoms with E-state index in [1.807, 2.05) is 17.1 Å². The number of pyridine rings is 1. The van der Waals surface area contributed by atoms with Gasteiger partial charge in [-0.05, 0) is 6.42 Å². The van der Waals surface area contributed by atoms with Gasteiger partial charge in [0.15, 0.2) is 0 Å². The number of methoxy groups -OCH3 is 1. The van der Waals surface area contributed by atoms with E-state index in [0.29, 0.717) is 16.9 Å². The van der Waals surface area contributed by atoms with E-state index in [1.54, 1.807) is 19.4 Å². The quantitative estimate of drug-likeness (QED) is 0.810. The summed E-state index contributed by atoms with van der Waals surface area (Å²) in [7, 11) is 1.62. The molecular formula is C13H14ClN3O2. The lowest BCUT2D eigenvalue weighted by atomic mass is 10.1. The Hall–Kier alpha value is -1.59. The molecule has 0 radical (unpaired) electrons. The maximum absolute atomic E-state index is 5.86. The molecule has 0 N–H and O–H groups in total. The zero-order valence-corrected chi connectivity index (χ0v) is 11.3. The summed E-state index contributed by atoms with van der Waals surface area (Å²) in [6.07, 6.45) is 6.50. The van der Waals surface area contributed by atoms with E-state index >= 15 is 0 Å². The minimum absolute atomic E-state index is 0.319. The Morgan fingerprint density at radius 3 is 3.11 bits per heavy atom. The Morgan fingerprint density at radius 1 is 1.47 bits per heavy atom. The minimum atomic E-state index is 0.319. The molecule has 19 heavy (non-hydrogen) atoms. The third kappa shape index (κ3) is 2.43. The van der Waals surface area contributed by atoms with Crippen LogP contribution < -0.4 is 4.74 Å². The smallest absolute Gasteiger partial charge is 0.132 e. The molecule has 0 spiro atoms. The Balaban J connectivity index is 1.93. The highest BCUT2D eigenvalue weighted by atomic mass is 35.5. The van der Waals surface area contributed by atoms with Crippen LogP contribution >= 0.6 is 11.6 Å². The van der Waals surface area contributed by atoms with Gasteiger partial charge in [-0.15, -0.1) is 0 Å². The van der Waals surface area contributed by atoms with Crippen molar-refractivity contribution in [2.75, 3.05) is 20.3 Å². The fourth-order valence-electron chi connectivity index (χ4n) is 2.21.